The van der Waals surface area contributed by atoms with Gasteiger partial charge in [-0.05, 0) is 25.7 Å². The maximum Gasteiger partial charge on any atom is 0.573 e. The van der Waals surface area contributed by atoms with Crippen molar-refractivity contribution in [2.24, 2.45) is 0 Å². The van der Waals surface area contributed by atoms with Crippen molar-refractivity contribution in [3.8, 4) is 0 Å². The van der Waals surface area contributed by atoms with Crippen LogP contribution in [0.25, 0.3) is 0 Å². The van der Waals surface area contributed by atoms with Crippen molar-refractivity contribution in [3.63, 3.8) is 0 Å². The summed E-state index contributed by atoms with van der Waals surface area (Å²) in [7, 11) is -6.37. The van der Waals surface area contributed by atoms with E-state index >= 15 is 0 Å². The molecule has 2 nitrogen and oxygen atoms in total. The summed E-state index contributed by atoms with van der Waals surface area (Å²) in [6, 6.07) is 0. The molecule has 0 heterocycles. The van der Waals surface area contributed by atoms with E-state index in [-0.39, 0.29) is 25.7 Å². The van der Waals surface area contributed by atoms with Gasteiger partial charge in [0.1, 0.15) is 0 Å². The summed E-state index contributed by atoms with van der Waals surface area (Å²) in [6.45, 7) is 0. The van der Waals surface area contributed by atoms with Crippen LogP contribution >= 0.6 is 0 Å². The molecular weight excluding hydrogens is 342 g/mol. The number of alkyl halides is 6. The third kappa shape index (κ3) is 4.42. The molecule has 2 aliphatic rings. The Labute approximate surface area is 132 Å². The molecule has 0 bridgehead atoms. The Morgan fingerprint density at radius 1 is 0.565 bits per heavy atom. The highest BCUT2D eigenvalue weighted by Crippen LogP contribution is 2.46. The molecule has 0 aliphatic heterocycles. The lowest BCUT2D eigenvalue weighted by Gasteiger charge is -2.40. The van der Waals surface area contributed by atoms with Crippen molar-refractivity contribution in [3.05, 3.63) is 0 Å². The van der Waals surface area contributed by atoms with Gasteiger partial charge < -0.3 is 8.85 Å². The van der Waals surface area contributed by atoms with Crippen LogP contribution in [-0.4, -0.2) is 32.4 Å². The van der Waals surface area contributed by atoms with E-state index in [0.717, 1.165) is 12.8 Å². The summed E-state index contributed by atoms with van der Waals surface area (Å²) in [5.74, 6) is -11.1. The van der Waals surface area contributed by atoms with Gasteiger partial charge in [0.05, 0.1) is 0 Å². The van der Waals surface area contributed by atoms with Crippen molar-refractivity contribution in [1.82, 2.24) is 0 Å². The molecule has 2 fully saturated rings. The molecule has 0 aromatic rings. The Morgan fingerprint density at radius 2 is 0.870 bits per heavy atom. The highest BCUT2D eigenvalue weighted by atomic mass is 28.4. The van der Waals surface area contributed by atoms with Crippen molar-refractivity contribution < 1.29 is 35.2 Å². The third-order valence-electron chi connectivity index (χ3n) is 4.52. The molecule has 0 spiro atoms. The van der Waals surface area contributed by atoms with Gasteiger partial charge in [-0.15, -0.1) is 0 Å². The molecule has 0 unspecified atom stereocenters. The summed E-state index contributed by atoms with van der Waals surface area (Å²) in [5.41, 5.74) is 0. The van der Waals surface area contributed by atoms with E-state index < -0.39 is 32.4 Å². The van der Waals surface area contributed by atoms with Crippen molar-refractivity contribution in [2.75, 3.05) is 0 Å². The zero-order chi connectivity index (χ0) is 17.1. The molecule has 2 saturated carbocycles. The van der Waals surface area contributed by atoms with E-state index in [9.17, 15) is 26.3 Å². The maximum atomic E-state index is 13.5. The van der Waals surface area contributed by atoms with Gasteiger partial charge in [0.25, 0.3) is 0 Å². The fraction of sp³-hybridized carbons (Fsp3) is 1.00. The van der Waals surface area contributed by atoms with Crippen molar-refractivity contribution in [2.45, 2.75) is 88.0 Å². The number of hydrogen-bond donors (Lipinski definition) is 0. The van der Waals surface area contributed by atoms with Gasteiger partial charge in [0.2, 0.25) is 0 Å². The summed E-state index contributed by atoms with van der Waals surface area (Å²) in [4.78, 5) is 0. The topological polar surface area (TPSA) is 18.5 Å². The zero-order valence-electron chi connectivity index (χ0n) is 12.8. The second-order valence-corrected chi connectivity index (χ2v) is 9.21. The molecule has 2 aliphatic carbocycles. The first-order valence-electron chi connectivity index (χ1n) is 8.15. The normalized spacial score (nSPS) is 23.2. The van der Waals surface area contributed by atoms with E-state index in [1.54, 1.807) is 0 Å². The molecular formula is C14H22F6O2Si. The number of hydrogen-bond acceptors (Lipinski definition) is 2. The lowest BCUT2D eigenvalue weighted by atomic mass is 9.98. The molecule has 0 aromatic heterocycles. The molecule has 0 saturated heterocycles. The van der Waals surface area contributed by atoms with Crippen LogP contribution in [0, 0.1) is 0 Å². The Balaban J connectivity index is 2.25. The van der Waals surface area contributed by atoms with E-state index in [1.165, 1.54) is 0 Å². The highest BCUT2D eigenvalue weighted by molar-refractivity contribution is 6.71. The highest BCUT2D eigenvalue weighted by Gasteiger charge is 2.81. The van der Waals surface area contributed by atoms with E-state index in [2.05, 4.69) is 0 Å². The first kappa shape index (κ1) is 19.0. The van der Waals surface area contributed by atoms with Gasteiger partial charge in [-0.2, -0.15) is 26.3 Å². The van der Waals surface area contributed by atoms with E-state index in [1.807, 2.05) is 0 Å². The average molecular weight is 364 g/mol. The summed E-state index contributed by atoms with van der Waals surface area (Å²) >= 11 is 0. The first-order valence-corrected chi connectivity index (χ1v) is 9.96. The van der Waals surface area contributed by atoms with Crippen molar-refractivity contribution >= 4 is 8.56 Å². The molecule has 0 aromatic carbocycles. The van der Waals surface area contributed by atoms with Gasteiger partial charge in [0.15, 0.2) is 0 Å². The minimum Gasteiger partial charge on any atom is -0.380 e. The maximum absolute atomic E-state index is 13.5. The largest absolute Gasteiger partial charge is 0.573 e. The molecule has 136 valence electrons. The third-order valence-corrected chi connectivity index (χ3v) is 7.34. The molecule has 23 heavy (non-hydrogen) atoms. The minimum atomic E-state index is -6.37. The Hall–Kier alpha value is -0.283. The average Bonchev–Trinajstić information content (AvgIpc) is 2.46. The van der Waals surface area contributed by atoms with Crippen LogP contribution < -0.4 is 0 Å². The SMILES string of the molecule is FC(F)(F)[Si](OC1CCCCC1)(OC1CCCCC1)C(F)(F)F. The van der Waals surface area contributed by atoms with Gasteiger partial charge in [-0.25, -0.2) is 0 Å². The molecule has 0 amide bonds. The zero-order valence-corrected chi connectivity index (χ0v) is 13.8. The Kier molecular flexibility index (Phi) is 6.05. The fourth-order valence-corrected chi connectivity index (χ4v) is 5.61. The predicted molar refractivity (Wildman–Crippen MR) is 73.8 cm³/mol. The molecule has 0 N–H and O–H groups in total. The van der Waals surface area contributed by atoms with Gasteiger partial charge in [-0.3, -0.25) is 0 Å². The Morgan fingerprint density at radius 3 is 1.13 bits per heavy atom. The number of halogens is 6. The summed E-state index contributed by atoms with van der Waals surface area (Å²) in [5, 5.41) is 0. The molecule has 0 radical (unpaired) electrons. The fourth-order valence-electron chi connectivity index (χ4n) is 3.29. The van der Waals surface area contributed by atoms with Crippen molar-refractivity contribution in [1.29, 1.82) is 0 Å². The number of rotatable bonds is 4. The summed E-state index contributed by atoms with van der Waals surface area (Å²) in [6.07, 6.45) is 2.90. The smallest absolute Gasteiger partial charge is 0.380 e. The molecule has 0 atom stereocenters. The van der Waals surface area contributed by atoms with Crippen LogP contribution in [0.5, 0.6) is 0 Å². The van der Waals surface area contributed by atoms with Crippen LogP contribution in [0.4, 0.5) is 26.3 Å². The minimum absolute atomic E-state index is 0.231. The molecule has 9 heteroatoms. The van der Waals surface area contributed by atoms with Crippen LogP contribution in [0.3, 0.4) is 0 Å². The van der Waals surface area contributed by atoms with Gasteiger partial charge in [0, 0.05) is 12.2 Å². The van der Waals surface area contributed by atoms with Crippen LogP contribution in [0.15, 0.2) is 0 Å². The van der Waals surface area contributed by atoms with Crippen LogP contribution in [0.2, 0.25) is 0 Å². The lowest BCUT2D eigenvalue weighted by molar-refractivity contribution is -0.184. The van der Waals surface area contributed by atoms with Gasteiger partial charge >= 0.3 is 20.2 Å². The monoisotopic (exact) mass is 364 g/mol. The Bertz CT molecular complexity index is 336. The second-order valence-electron chi connectivity index (χ2n) is 6.37. The van der Waals surface area contributed by atoms with Crippen LogP contribution in [-0.2, 0) is 8.85 Å². The second kappa shape index (κ2) is 7.31. The first-order chi connectivity index (χ1) is 10.7. The quantitative estimate of drug-likeness (QED) is 0.496. The standard InChI is InChI=1S/C14H22F6O2Si/c15-13(16,17)23(14(18,19)20,21-11-7-3-1-4-8-11)22-12-9-5-2-6-10-12/h11-12H,1-10H2. The van der Waals surface area contributed by atoms with Gasteiger partial charge in [-0.1, -0.05) is 38.5 Å². The predicted octanol–water partition coefficient (Wildman–Crippen LogP) is 5.33. The van der Waals surface area contributed by atoms with E-state index in [4.69, 9.17) is 8.85 Å². The summed E-state index contributed by atoms with van der Waals surface area (Å²) < 4.78 is 90.4. The molecule has 2 rings (SSSR count). The van der Waals surface area contributed by atoms with E-state index in [0.29, 0.717) is 25.7 Å². The lowest BCUT2D eigenvalue weighted by Crippen LogP contribution is -2.69. The van der Waals surface area contributed by atoms with Crippen LogP contribution in [0.1, 0.15) is 64.2 Å².